The van der Waals surface area contributed by atoms with Crippen LogP contribution >= 0.6 is 0 Å². The Morgan fingerprint density at radius 2 is 1.77 bits per heavy atom. The van der Waals surface area contributed by atoms with Crippen molar-refractivity contribution in [3.05, 3.63) is 29.8 Å². The molecule has 0 fully saturated rings. The molecule has 0 aliphatic carbocycles. The van der Waals surface area contributed by atoms with E-state index in [0.717, 1.165) is 0 Å². The molecule has 4 nitrogen and oxygen atoms in total. The van der Waals surface area contributed by atoms with Gasteiger partial charge in [0.1, 0.15) is 0 Å². The van der Waals surface area contributed by atoms with Gasteiger partial charge in [0.25, 0.3) is 0 Å². The van der Waals surface area contributed by atoms with E-state index in [1.807, 2.05) is 0 Å². The van der Waals surface area contributed by atoms with Crippen LogP contribution in [0.2, 0.25) is 0 Å². The summed E-state index contributed by atoms with van der Waals surface area (Å²) < 4.78 is 21.7. The lowest BCUT2D eigenvalue weighted by molar-refractivity contribution is 0.598. The highest BCUT2D eigenvalue weighted by Crippen LogP contribution is 2.08. The quantitative estimate of drug-likeness (QED) is 0.686. The lowest BCUT2D eigenvalue weighted by Crippen LogP contribution is -2.12. The first kappa shape index (κ1) is 9.88. The first-order chi connectivity index (χ1) is 5.91. The Kier molecular flexibility index (Phi) is 2.49. The van der Waals surface area contributed by atoms with Crippen molar-refractivity contribution in [3.8, 4) is 0 Å². The van der Waals surface area contributed by atoms with Crippen molar-refractivity contribution >= 4 is 15.7 Å². The number of nitrogens with one attached hydrogen (secondary N) is 1. The lowest BCUT2D eigenvalue weighted by Gasteiger charge is -1.99. The molecule has 5 heteroatoms. The summed E-state index contributed by atoms with van der Waals surface area (Å²) in [5.41, 5.74) is 1.08. The highest BCUT2D eigenvalue weighted by molar-refractivity contribution is 7.89. The lowest BCUT2D eigenvalue weighted by atomic mass is 10.1. The summed E-state index contributed by atoms with van der Waals surface area (Å²) >= 11 is 0. The third kappa shape index (κ3) is 2.37. The predicted molar refractivity (Wildman–Crippen MR) is 50.3 cm³/mol. The number of rotatable bonds is 2. The molecule has 0 bridgehead atoms. The molecule has 13 heavy (non-hydrogen) atoms. The van der Waals surface area contributed by atoms with Gasteiger partial charge in [-0.3, -0.25) is 0 Å². The van der Waals surface area contributed by atoms with Gasteiger partial charge in [0.2, 0.25) is 10.0 Å². The van der Waals surface area contributed by atoms with Gasteiger partial charge in [-0.1, -0.05) is 12.1 Å². The number of primary sulfonamides is 1. The smallest absolute Gasteiger partial charge is 0.238 e. The van der Waals surface area contributed by atoms with Crippen molar-refractivity contribution < 1.29 is 8.42 Å². The van der Waals surface area contributed by atoms with E-state index >= 15 is 0 Å². The van der Waals surface area contributed by atoms with Crippen molar-refractivity contribution in [2.24, 2.45) is 5.14 Å². The maximum Gasteiger partial charge on any atom is 0.238 e. The Labute approximate surface area is 76.9 Å². The molecule has 1 aromatic carbocycles. The van der Waals surface area contributed by atoms with E-state index in [2.05, 4.69) is 0 Å². The molecule has 0 saturated carbocycles. The van der Waals surface area contributed by atoms with Gasteiger partial charge in [-0.25, -0.2) is 13.6 Å². The van der Waals surface area contributed by atoms with Crippen molar-refractivity contribution in [1.82, 2.24) is 0 Å². The molecule has 1 rings (SSSR count). The van der Waals surface area contributed by atoms with Crippen LogP contribution in [-0.4, -0.2) is 14.1 Å². The molecule has 3 N–H and O–H groups in total. The summed E-state index contributed by atoms with van der Waals surface area (Å²) in [4.78, 5) is 0.0671. The second-order valence-electron chi connectivity index (χ2n) is 2.69. The second-order valence-corrected chi connectivity index (χ2v) is 4.26. The SMILES string of the molecule is CC(=N)c1ccc(S(N)(=O)=O)cc1. The summed E-state index contributed by atoms with van der Waals surface area (Å²) in [6.07, 6.45) is 0. The zero-order chi connectivity index (χ0) is 10.1. The number of hydrogen-bond donors (Lipinski definition) is 2. The van der Waals surface area contributed by atoms with Gasteiger partial charge in [-0.2, -0.15) is 0 Å². The van der Waals surface area contributed by atoms with E-state index in [0.29, 0.717) is 11.3 Å². The monoisotopic (exact) mass is 198 g/mol. The van der Waals surface area contributed by atoms with E-state index < -0.39 is 10.0 Å². The highest BCUT2D eigenvalue weighted by Gasteiger charge is 2.06. The van der Waals surface area contributed by atoms with Crippen molar-refractivity contribution in [2.75, 3.05) is 0 Å². The van der Waals surface area contributed by atoms with Gasteiger partial charge in [0, 0.05) is 5.71 Å². The van der Waals surface area contributed by atoms with Crippen LogP contribution in [-0.2, 0) is 10.0 Å². The van der Waals surface area contributed by atoms with Gasteiger partial charge in [-0.05, 0) is 24.6 Å². The molecule has 0 saturated heterocycles. The molecule has 0 aromatic heterocycles. The zero-order valence-electron chi connectivity index (χ0n) is 7.11. The second kappa shape index (κ2) is 3.27. The summed E-state index contributed by atoms with van der Waals surface area (Å²) in [6.45, 7) is 1.63. The average molecular weight is 198 g/mol. The molecule has 0 aliphatic rings. The zero-order valence-corrected chi connectivity index (χ0v) is 7.93. The van der Waals surface area contributed by atoms with E-state index in [-0.39, 0.29) is 4.90 Å². The Hall–Kier alpha value is -1.20. The van der Waals surface area contributed by atoms with Gasteiger partial charge in [0.15, 0.2) is 0 Å². The minimum Gasteiger partial charge on any atom is -0.305 e. The van der Waals surface area contributed by atoms with E-state index in [1.54, 1.807) is 19.1 Å². The van der Waals surface area contributed by atoms with Gasteiger partial charge in [0.05, 0.1) is 4.90 Å². The standard InChI is InChI=1S/C8H10N2O2S/c1-6(9)7-2-4-8(5-3-7)13(10,11)12/h2-5,9H,1H3,(H2,10,11,12). The minimum absolute atomic E-state index is 0.0671. The van der Waals surface area contributed by atoms with Crippen LogP contribution in [0.3, 0.4) is 0 Å². The number of sulfonamides is 1. The predicted octanol–water partition coefficient (Wildman–Crippen LogP) is 0.722. The van der Waals surface area contributed by atoms with Crippen LogP contribution in [0.15, 0.2) is 29.2 Å². The highest BCUT2D eigenvalue weighted by atomic mass is 32.2. The van der Waals surface area contributed by atoms with Crippen LogP contribution in [0.4, 0.5) is 0 Å². The molecule has 0 heterocycles. The van der Waals surface area contributed by atoms with Gasteiger partial charge in [-0.15, -0.1) is 0 Å². The first-order valence-corrected chi connectivity index (χ1v) is 5.14. The third-order valence-electron chi connectivity index (χ3n) is 1.62. The molecule has 70 valence electrons. The molecule has 1 aromatic rings. The average Bonchev–Trinajstić information content (AvgIpc) is 2.03. The molecular weight excluding hydrogens is 188 g/mol. The van der Waals surface area contributed by atoms with Crippen LogP contribution in [0.1, 0.15) is 12.5 Å². The molecule has 0 radical (unpaired) electrons. The molecule has 0 spiro atoms. The van der Waals surface area contributed by atoms with Crippen LogP contribution < -0.4 is 5.14 Å². The van der Waals surface area contributed by atoms with E-state index in [9.17, 15) is 8.42 Å². The topological polar surface area (TPSA) is 84.0 Å². The molecular formula is C8H10N2O2S. The van der Waals surface area contributed by atoms with E-state index in [1.165, 1.54) is 12.1 Å². The summed E-state index contributed by atoms with van der Waals surface area (Å²) in [5, 5.41) is 12.2. The Morgan fingerprint density at radius 3 is 2.08 bits per heavy atom. The van der Waals surface area contributed by atoms with Crippen LogP contribution in [0, 0.1) is 5.41 Å². The molecule has 0 unspecified atom stereocenters. The Balaban J connectivity index is 3.16. The normalized spacial score (nSPS) is 11.2. The van der Waals surface area contributed by atoms with Gasteiger partial charge < -0.3 is 5.41 Å². The fraction of sp³-hybridized carbons (Fsp3) is 0.125. The van der Waals surface area contributed by atoms with Crippen LogP contribution in [0.25, 0.3) is 0 Å². The molecule has 0 amide bonds. The largest absolute Gasteiger partial charge is 0.305 e. The first-order valence-electron chi connectivity index (χ1n) is 3.59. The molecule has 0 aliphatic heterocycles. The Bertz CT molecular complexity index is 420. The number of benzene rings is 1. The van der Waals surface area contributed by atoms with Crippen LogP contribution in [0.5, 0.6) is 0 Å². The summed E-state index contributed by atoms with van der Waals surface area (Å²) in [6, 6.07) is 5.90. The van der Waals surface area contributed by atoms with Crippen molar-refractivity contribution in [1.29, 1.82) is 5.41 Å². The summed E-state index contributed by atoms with van der Waals surface area (Å²) in [7, 11) is -3.62. The Morgan fingerprint density at radius 1 is 1.31 bits per heavy atom. The van der Waals surface area contributed by atoms with Gasteiger partial charge >= 0.3 is 0 Å². The van der Waals surface area contributed by atoms with E-state index in [4.69, 9.17) is 10.5 Å². The number of nitrogens with two attached hydrogens (primary N) is 1. The maximum absolute atomic E-state index is 10.8. The third-order valence-corrected chi connectivity index (χ3v) is 2.55. The number of hydrogen-bond acceptors (Lipinski definition) is 3. The minimum atomic E-state index is -3.62. The fourth-order valence-electron chi connectivity index (χ4n) is 0.895. The van der Waals surface area contributed by atoms with Crippen molar-refractivity contribution in [2.45, 2.75) is 11.8 Å². The summed E-state index contributed by atoms with van der Waals surface area (Å²) in [5.74, 6) is 0. The van der Waals surface area contributed by atoms with Crippen molar-refractivity contribution in [3.63, 3.8) is 0 Å². The molecule has 0 atom stereocenters. The maximum atomic E-state index is 10.8. The fourth-order valence-corrected chi connectivity index (χ4v) is 1.41.